The second-order valence-electron chi connectivity index (χ2n) is 4.52. The number of phenols is 2. The highest BCUT2D eigenvalue weighted by molar-refractivity contribution is 7.14. The Morgan fingerprint density at radius 1 is 1.05 bits per heavy atom. The summed E-state index contributed by atoms with van der Waals surface area (Å²) in [5.74, 6) is -0.331. The molecule has 2 aromatic carbocycles. The summed E-state index contributed by atoms with van der Waals surface area (Å²) < 4.78 is 0. The van der Waals surface area contributed by atoms with Crippen LogP contribution in [-0.2, 0) is 0 Å². The first-order valence-corrected chi connectivity index (χ1v) is 7.42. The molecule has 0 spiro atoms. The summed E-state index contributed by atoms with van der Waals surface area (Å²) >= 11 is 1.46. The molecule has 0 amide bonds. The summed E-state index contributed by atoms with van der Waals surface area (Å²) in [5, 5.41) is 25.3. The zero-order valence-corrected chi connectivity index (χ0v) is 12.3. The van der Waals surface area contributed by atoms with Crippen LogP contribution in [0.1, 0.15) is 5.56 Å². The van der Waals surface area contributed by atoms with E-state index in [2.05, 4.69) is 15.5 Å². The average Bonchev–Trinajstić information content (AvgIpc) is 3.01. The minimum atomic E-state index is -0.176. The van der Waals surface area contributed by atoms with Crippen LogP contribution >= 0.6 is 11.3 Å². The minimum Gasteiger partial charge on any atom is -0.504 e. The molecule has 0 aliphatic heterocycles. The van der Waals surface area contributed by atoms with Gasteiger partial charge in [0.2, 0.25) is 5.13 Å². The summed E-state index contributed by atoms with van der Waals surface area (Å²) in [6.07, 6.45) is 1.54. The van der Waals surface area contributed by atoms with Crippen molar-refractivity contribution < 1.29 is 10.2 Å². The summed E-state index contributed by atoms with van der Waals surface area (Å²) in [7, 11) is 0. The maximum absolute atomic E-state index is 9.40. The van der Waals surface area contributed by atoms with E-state index in [0.717, 1.165) is 11.3 Å². The molecular weight excluding hydrogens is 298 g/mol. The minimum absolute atomic E-state index is 0.155. The van der Waals surface area contributed by atoms with Gasteiger partial charge in [-0.25, -0.2) is 4.98 Å². The van der Waals surface area contributed by atoms with E-state index in [1.54, 1.807) is 12.3 Å². The highest BCUT2D eigenvalue weighted by Crippen LogP contribution is 2.25. The van der Waals surface area contributed by atoms with E-state index in [0.29, 0.717) is 10.7 Å². The maximum atomic E-state index is 9.40. The van der Waals surface area contributed by atoms with Crippen molar-refractivity contribution in [2.45, 2.75) is 0 Å². The van der Waals surface area contributed by atoms with Crippen molar-refractivity contribution in [1.82, 2.24) is 4.98 Å². The first-order chi connectivity index (χ1) is 10.7. The molecule has 6 heteroatoms. The molecule has 0 fully saturated rings. The first kappa shape index (κ1) is 14.1. The molecule has 22 heavy (non-hydrogen) atoms. The Hall–Kier alpha value is -2.86. The van der Waals surface area contributed by atoms with E-state index in [1.807, 2.05) is 35.7 Å². The standard InChI is InChI=1S/C16H13N3O2S/c20-14-7-6-11(8-15(14)21)9-17-19-16-18-13(10-22-16)12-4-2-1-3-5-12/h1-10,20-21H,(H,18,19)/b17-9-. The zero-order chi connectivity index (χ0) is 15.4. The number of benzene rings is 2. The number of phenolic OH excluding ortho intramolecular Hbond substituents is 2. The number of anilines is 1. The Labute approximate surface area is 131 Å². The fourth-order valence-corrected chi connectivity index (χ4v) is 2.52. The lowest BCUT2D eigenvalue weighted by atomic mass is 10.2. The Balaban J connectivity index is 1.68. The van der Waals surface area contributed by atoms with Crippen LogP contribution in [0.2, 0.25) is 0 Å². The van der Waals surface area contributed by atoms with Crippen molar-refractivity contribution in [2.24, 2.45) is 5.10 Å². The lowest BCUT2D eigenvalue weighted by molar-refractivity contribution is 0.403. The van der Waals surface area contributed by atoms with Crippen LogP contribution in [-0.4, -0.2) is 21.4 Å². The fraction of sp³-hybridized carbons (Fsp3) is 0. The molecule has 0 atom stereocenters. The molecule has 0 radical (unpaired) electrons. The third kappa shape index (κ3) is 3.24. The third-order valence-corrected chi connectivity index (χ3v) is 3.69. The fourth-order valence-electron chi connectivity index (χ4n) is 1.85. The van der Waals surface area contributed by atoms with Crippen LogP contribution in [0.5, 0.6) is 11.5 Å². The van der Waals surface area contributed by atoms with Gasteiger partial charge >= 0.3 is 0 Å². The van der Waals surface area contributed by atoms with Gasteiger partial charge in [0.25, 0.3) is 0 Å². The summed E-state index contributed by atoms with van der Waals surface area (Å²) in [6, 6.07) is 14.4. The van der Waals surface area contributed by atoms with Gasteiger partial charge in [-0.2, -0.15) is 5.10 Å². The van der Waals surface area contributed by atoms with Crippen molar-refractivity contribution in [3.63, 3.8) is 0 Å². The van der Waals surface area contributed by atoms with Gasteiger partial charge in [0.1, 0.15) is 0 Å². The van der Waals surface area contributed by atoms with Crippen LogP contribution in [0.4, 0.5) is 5.13 Å². The Morgan fingerprint density at radius 3 is 2.64 bits per heavy atom. The summed E-state index contributed by atoms with van der Waals surface area (Å²) in [4.78, 5) is 4.45. The van der Waals surface area contributed by atoms with Gasteiger partial charge < -0.3 is 10.2 Å². The van der Waals surface area contributed by atoms with Crippen LogP contribution in [0.25, 0.3) is 11.3 Å². The number of aromatic nitrogens is 1. The van der Waals surface area contributed by atoms with E-state index in [1.165, 1.54) is 23.5 Å². The summed E-state index contributed by atoms with van der Waals surface area (Å²) in [6.45, 7) is 0. The van der Waals surface area contributed by atoms with Gasteiger partial charge in [0.05, 0.1) is 11.9 Å². The smallest absolute Gasteiger partial charge is 0.203 e. The van der Waals surface area contributed by atoms with Crippen LogP contribution < -0.4 is 5.43 Å². The molecule has 0 saturated heterocycles. The third-order valence-electron chi connectivity index (χ3n) is 2.95. The Bertz CT molecular complexity index is 800. The van der Waals surface area contributed by atoms with Crippen LogP contribution in [0.15, 0.2) is 59.0 Å². The second-order valence-corrected chi connectivity index (χ2v) is 5.38. The topological polar surface area (TPSA) is 77.7 Å². The van der Waals surface area contributed by atoms with Crippen molar-refractivity contribution in [1.29, 1.82) is 0 Å². The normalized spacial score (nSPS) is 10.9. The molecule has 1 aromatic heterocycles. The molecule has 5 nitrogen and oxygen atoms in total. The molecule has 3 N–H and O–H groups in total. The second kappa shape index (κ2) is 6.28. The molecule has 3 rings (SSSR count). The number of hydrogen-bond acceptors (Lipinski definition) is 6. The zero-order valence-electron chi connectivity index (χ0n) is 11.5. The van der Waals surface area contributed by atoms with Gasteiger partial charge in [-0.05, 0) is 23.8 Å². The molecule has 0 saturated carbocycles. The molecule has 0 aliphatic rings. The van der Waals surface area contributed by atoms with E-state index < -0.39 is 0 Å². The largest absolute Gasteiger partial charge is 0.504 e. The van der Waals surface area contributed by atoms with E-state index >= 15 is 0 Å². The van der Waals surface area contributed by atoms with Crippen molar-refractivity contribution in [2.75, 3.05) is 5.43 Å². The lowest BCUT2D eigenvalue weighted by Gasteiger charge is -1.98. The number of nitrogens with one attached hydrogen (secondary N) is 1. The number of hydrogen-bond donors (Lipinski definition) is 3. The van der Waals surface area contributed by atoms with E-state index in [-0.39, 0.29) is 11.5 Å². The Morgan fingerprint density at radius 2 is 1.86 bits per heavy atom. The van der Waals surface area contributed by atoms with Crippen LogP contribution in [0, 0.1) is 0 Å². The quantitative estimate of drug-likeness (QED) is 0.390. The average molecular weight is 311 g/mol. The molecule has 1 heterocycles. The predicted molar refractivity (Wildman–Crippen MR) is 88.5 cm³/mol. The van der Waals surface area contributed by atoms with Gasteiger partial charge in [0, 0.05) is 10.9 Å². The number of rotatable bonds is 4. The first-order valence-electron chi connectivity index (χ1n) is 6.54. The maximum Gasteiger partial charge on any atom is 0.203 e. The monoisotopic (exact) mass is 311 g/mol. The molecule has 0 unspecified atom stereocenters. The molecular formula is C16H13N3O2S. The van der Waals surface area contributed by atoms with E-state index in [4.69, 9.17) is 0 Å². The number of aromatic hydroxyl groups is 2. The SMILES string of the molecule is Oc1ccc(/C=N\Nc2nc(-c3ccccc3)cs2)cc1O. The van der Waals surface area contributed by atoms with Crippen molar-refractivity contribution in [3.05, 3.63) is 59.5 Å². The lowest BCUT2D eigenvalue weighted by Crippen LogP contribution is -1.90. The number of hydrazone groups is 1. The van der Waals surface area contributed by atoms with Crippen molar-refractivity contribution >= 4 is 22.7 Å². The molecule has 0 bridgehead atoms. The van der Waals surface area contributed by atoms with Crippen molar-refractivity contribution in [3.8, 4) is 22.8 Å². The summed E-state index contributed by atoms with van der Waals surface area (Å²) in [5.41, 5.74) is 5.47. The van der Waals surface area contributed by atoms with Gasteiger partial charge in [-0.15, -0.1) is 11.3 Å². The van der Waals surface area contributed by atoms with Gasteiger partial charge in [-0.3, -0.25) is 5.43 Å². The van der Waals surface area contributed by atoms with Gasteiger partial charge in [-0.1, -0.05) is 30.3 Å². The molecule has 3 aromatic rings. The number of thiazole rings is 1. The highest BCUT2D eigenvalue weighted by atomic mass is 32.1. The predicted octanol–water partition coefficient (Wildman–Crippen LogP) is 3.67. The highest BCUT2D eigenvalue weighted by Gasteiger charge is 2.03. The van der Waals surface area contributed by atoms with Crippen LogP contribution in [0.3, 0.4) is 0 Å². The molecule has 0 aliphatic carbocycles. The van der Waals surface area contributed by atoms with E-state index in [9.17, 15) is 10.2 Å². The van der Waals surface area contributed by atoms with Gasteiger partial charge in [0.15, 0.2) is 11.5 Å². The Kier molecular flexibility index (Phi) is 4.02. The number of nitrogens with zero attached hydrogens (tertiary/aromatic N) is 2. The molecule has 110 valence electrons.